The van der Waals surface area contributed by atoms with Crippen LogP contribution in [0.25, 0.3) is 10.9 Å². The van der Waals surface area contributed by atoms with Gasteiger partial charge in [-0.05, 0) is 61.8 Å². The zero-order chi connectivity index (χ0) is 21.8. The van der Waals surface area contributed by atoms with Crippen LogP contribution in [-0.4, -0.2) is 65.1 Å². The normalized spacial score (nSPS) is 27.1. The number of carbonyl (C=O) groups is 2. The Kier molecular flexibility index (Phi) is 5.18. The second-order valence-corrected chi connectivity index (χ2v) is 10.5. The van der Waals surface area contributed by atoms with Gasteiger partial charge in [0.05, 0.1) is 6.10 Å². The van der Waals surface area contributed by atoms with Gasteiger partial charge in [0.15, 0.2) is 5.78 Å². The van der Waals surface area contributed by atoms with Crippen LogP contribution in [0.2, 0.25) is 5.02 Å². The maximum absolute atomic E-state index is 13.2. The predicted molar refractivity (Wildman–Crippen MR) is 123 cm³/mol. The lowest BCUT2D eigenvalue weighted by Crippen LogP contribution is -2.54. The number of rotatable bonds is 2. The third-order valence-electron chi connectivity index (χ3n) is 7.85. The first-order chi connectivity index (χ1) is 15.6. The Morgan fingerprint density at radius 2 is 1.81 bits per heavy atom. The third-order valence-corrected chi connectivity index (χ3v) is 8.09. The summed E-state index contributed by atoms with van der Waals surface area (Å²) in [7, 11) is 0. The molecule has 0 radical (unpaired) electrons. The van der Waals surface area contributed by atoms with E-state index in [1.54, 1.807) is 0 Å². The van der Waals surface area contributed by atoms with Gasteiger partial charge in [-0.25, -0.2) is 4.79 Å². The molecule has 0 N–H and O–H groups in total. The first-order valence-electron chi connectivity index (χ1n) is 12.0. The second-order valence-electron chi connectivity index (χ2n) is 10.0. The Labute approximate surface area is 193 Å². The van der Waals surface area contributed by atoms with Crippen LogP contribution in [0, 0.1) is 5.92 Å². The van der Waals surface area contributed by atoms with Crippen molar-refractivity contribution in [3.05, 3.63) is 35.0 Å². The molecule has 2 amide bonds. The highest BCUT2D eigenvalue weighted by molar-refractivity contribution is 6.31. The molecule has 1 aromatic heterocycles. The molecular formula is C25H30ClN3O3. The van der Waals surface area contributed by atoms with E-state index < -0.39 is 0 Å². The van der Waals surface area contributed by atoms with Gasteiger partial charge >= 0.3 is 6.03 Å². The molecule has 0 spiro atoms. The van der Waals surface area contributed by atoms with Gasteiger partial charge in [-0.1, -0.05) is 11.6 Å². The Morgan fingerprint density at radius 3 is 2.59 bits per heavy atom. The molecule has 3 saturated heterocycles. The summed E-state index contributed by atoms with van der Waals surface area (Å²) in [5.41, 5.74) is 2.68. The number of nitrogens with zero attached hydrogens (tertiary/aromatic N) is 3. The highest BCUT2D eigenvalue weighted by atomic mass is 35.5. The molecule has 4 heterocycles. The molecule has 7 heteroatoms. The van der Waals surface area contributed by atoms with Gasteiger partial charge in [-0.15, -0.1) is 0 Å². The topological polar surface area (TPSA) is 54.8 Å². The summed E-state index contributed by atoms with van der Waals surface area (Å²) >= 11 is 6.34. The highest BCUT2D eigenvalue weighted by Crippen LogP contribution is 2.42. The van der Waals surface area contributed by atoms with E-state index in [-0.39, 0.29) is 30.4 Å². The van der Waals surface area contributed by atoms with E-state index in [1.807, 2.05) is 15.9 Å². The number of fused-ring (bicyclic) bond motifs is 2. The molecule has 1 aromatic carbocycles. The van der Waals surface area contributed by atoms with Crippen LogP contribution in [-0.2, 0) is 9.53 Å². The van der Waals surface area contributed by atoms with Crippen molar-refractivity contribution in [1.82, 2.24) is 14.4 Å². The molecular weight excluding hydrogens is 426 g/mol. The van der Waals surface area contributed by atoms with Crippen LogP contribution in [0.3, 0.4) is 0 Å². The number of amides is 2. The van der Waals surface area contributed by atoms with Gasteiger partial charge < -0.3 is 19.1 Å². The summed E-state index contributed by atoms with van der Waals surface area (Å²) in [5, 5.41) is 2.06. The number of likely N-dealkylation sites (tertiary alicyclic amines) is 2. The van der Waals surface area contributed by atoms with Gasteiger partial charge in [-0.3, -0.25) is 4.79 Å². The largest absolute Gasteiger partial charge is 0.370 e. The van der Waals surface area contributed by atoms with Crippen LogP contribution >= 0.6 is 11.6 Å². The van der Waals surface area contributed by atoms with Gasteiger partial charge in [-0.2, -0.15) is 0 Å². The minimum Gasteiger partial charge on any atom is -0.370 e. The maximum Gasteiger partial charge on any atom is 0.320 e. The standard InChI is InChI=1S/C25H30ClN3O3/c26-18-1-4-23-21(12-18)22(14-29(23)19-2-3-19)16-5-8-27(9-6-16)25(31)28-10-7-24-17(13-28)11-20(30)15-32-24/h1,4,12,14,16-17,19,24H,2-3,5-11,13,15H2/t17-,24+/m1/s1. The molecule has 0 bridgehead atoms. The SMILES string of the molecule is O=C1CO[C@H]2CCN(C(=O)N3CCC(c4cn(C5CC5)c5ccc(Cl)cc45)CC3)C[C@H]2C1. The van der Waals surface area contributed by atoms with Gasteiger partial charge in [0.1, 0.15) is 6.61 Å². The Morgan fingerprint density at radius 1 is 1.03 bits per heavy atom. The lowest BCUT2D eigenvalue weighted by Gasteiger charge is -2.43. The molecule has 6 rings (SSSR count). The molecule has 4 aliphatic rings. The fourth-order valence-electron chi connectivity index (χ4n) is 5.97. The average molecular weight is 456 g/mol. The van der Waals surface area contributed by atoms with E-state index in [1.165, 1.54) is 29.3 Å². The maximum atomic E-state index is 13.2. The predicted octanol–water partition coefficient (Wildman–Crippen LogP) is 4.61. The highest BCUT2D eigenvalue weighted by Gasteiger charge is 2.38. The van der Waals surface area contributed by atoms with Gasteiger partial charge in [0.2, 0.25) is 0 Å². The number of hydrogen-bond donors (Lipinski definition) is 0. The number of ketones is 1. The van der Waals surface area contributed by atoms with E-state index >= 15 is 0 Å². The summed E-state index contributed by atoms with van der Waals surface area (Å²) in [6, 6.07) is 7.01. The minimum atomic E-state index is 0.128. The summed E-state index contributed by atoms with van der Waals surface area (Å²) in [6.45, 7) is 3.16. The average Bonchev–Trinajstić information content (AvgIpc) is 3.59. The third kappa shape index (κ3) is 3.71. The number of Topliss-reactive ketones (excluding diaryl/α,β-unsaturated/α-hetero) is 1. The number of carbonyl (C=O) groups excluding carboxylic acids is 2. The molecule has 1 aliphatic carbocycles. The summed E-state index contributed by atoms with van der Waals surface area (Å²) in [6.07, 6.45) is 8.34. The number of benzene rings is 1. The van der Waals surface area contributed by atoms with E-state index in [2.05, 4.69) is 22.9 Å². The fourth-order valence-corrected chi connectivity index (χ4v) is 6.14. The summed E-state index contributed by atoms with van der Waals surface area (Å²) in [5.74, 6) is 0.770. The summed E-state index contributed by atoms with van der Waals surface area (Å²) in [4.78, 5) is 29.0. The van der Waals surface area contributed by atoms with E-state index in [4.69, 9.17) is 16.3 Å². The number of ether oxygens (including phenoxy) is 1. The molecule has 2 aromatic rings. The molecule has 4 fully saturated rings. The van der Waals surface area contributed by atoms with Gasteiger partial charge in [0, 0.05) is 66.7 Å². The van der Waals surface area contributed by atoms with Crippen molar-refractivity contribution < 1.29 is 14.3 Å². The second kappa shape index (κ2) is 8.07. The zero-order valence-corrected chi connectivity index (χ0v) is 19.1. The number of piperidine rings is 2. The van der Waals surface area contributed by atoms with E-state index in [0.29, 0.717) is 24.9 Å². The number of aromatic nitrogens is 1. The van der Waals surface area contributed by atoms with Gasteiger partial charge in [0.25, 0.3) is 0 Å². The first kappa shape index (κ1) is 20.5. The Hall–Kier alpha value is -2.05. The van der Waals surface area contributed by atoms with E-state index in [0.717, 1.165) is 43.9 Å². The van der Waals surface area contributed by atoms with Crippen LogP contribution in [0.15, 0.2) is 24.4 Å². The molecule has 0 unspecified atom stereocenters. The smallest absolute Gasteiger partial charge is 0.320 e. The Bertz CT molecular complexity index is 1050. The Balaban J connectivity index is 1.13. The number of halogens is 1. The number of urea groups is 1. The van der Waals surface area contributed by atoms with Crippen LogP contribution < -0.4 is 0 Å². The van der Waals surface area contributed by atoms with Crippen LogP contribution in [0.5, 0.6) is 0 Å². The molecule has 1 saturated carbocycles. The lowest BCUT2D eigenvalue weighted by molar-refractivity contribution is -0.139. The monoisotopic (exact) mass is 455 g/mol. The zero-order valence-electron chi connectivity index (χ0n) is 18.3. The van der Waals surface area contributed by atoms with Crippen molar-refractivity contribution in [2.75, 3.05) is 32.8 Å². The van der Waals surface area contributed by atoms with Crippen molar-refractivity contribution in [3.8, 4) is 0 Å². The van der Waals surface area contributed by atoms with Crippen molar-refractivity contribution >= 4 is 34.3 Å². The molecule has 3 aliphatic heterocycles. The van der Waals surface area contributed by atoms with Crippen molar-refractivity contribution in [1.29, 1.82) is 0 Å². The van der Waals surface area contributed by atoms with Crippen LogP contribution in [0.1, 0.15) is 56.0 Å². The number of hydrogen-bond acceptors (Lipinski definition) is 3. The molecule has 2 atom stereocenters. The quantitative estimate of drug-likeness (QED) is 0.664. The fraction of sp³-hybridized carbons (Fsp3) is 0.600. The molecule has 32 heavy (non-hydrogen) atoms. The molecule has 6 nitrogen and oxygen atoms in total. The minimum absolute atomic E-state index is 0.128. The van der Waals surface area contributed by atoms with E-state index in [9.17, 15) is 9.59 Å². The van der Waals surface area contributed by atoms with Crippen LogP contribution in [0.4, 0.5) is 4.79 Å². The summed E-state index contributed by atoms with van der Waals surface area (Å²) < 4.78 is 8.13. The first-order valence-corrected chi connectivity index (χ1v) is 12.4. The van der Waals surface area contributed by atoms with Crippen molar-refractivity contribution in [2.24, 2.45) is 5.92 Å². The van der Waals surface area contributed by atoms with Crippen molar-refractivity contribution in [2.45, 2.75) is 56.6 Å². The lowest BCUT2D eigenvalue weighted by atomic mass is 9.87. The molecule has 170 valence electrons. The van der Waals surface area contributed by atoms with Crippen molar-refractivity contribution in [3.63, 3.8) is 0 Å².